The number of carboxylic acids is 1. The second-order valence-corrected chi connectivity index (χ2v) is 4.59. The first-order valence-corrected chi connectivity index (χ1v) is 5.91. The smallest absolute Gasteiger partial charge is 0.323 e. The largest absolute Gasteiger partial charge is 0.480 e. The van der Waals surface area contributed by atoms with Crippen LogP contribution in [0.25, 0.3) is 0 Å². The first kappa shape index (κ1) is 13.5. The van der Waals surface area contributed by atoms with Gasteiger partial charge in [-0.3, -0.25) is 9.59 Å². The van der Waals surface area contributed by atoms with Gasteiger partial charge in [-0.1, -0.05) is 0 Å². The topological polar surface area (TPSA) is 57.6 Å². The maximum Gasteiger partial charge on any atom is 0.323 e. The number of aliphatic carboxylic acids is 1. The highest BCUT2D eigenvalue weighted by Gasteiger charge is 2.27. The molecule has 4 nitrogen and oxygen atoms in total. The molecule has 0 saturated carbocycles. The number of carboxylic acid groups (broad SMARTS) is 1. The standard InChI is InChI=1S/C13H13F2NO3/c14-9-3-8-1-2-10(5-11(8)12(15)4-9)16(7-17)6-13(18)19/h3-4,7,10H,1-2,5-6H2,(H,18,19). The molecular formula is C13H13F2NO3. The summed E-state index contributed by atoms with van der Waals surface area (Å²) in [5.41, 5.74) is 0.963. The quantitative estimate of drug-likeness (QED) is 0.840. The molecule has 1 aliphatic carbocycles. The Morgan fingerprint density at radius 1 is 1.47 bits per heavy atom. The van der Waals surface area contributed by atoms with Crippen molar-refractivity contribution in [1.82, 2.24) is 4.90 Å². The Bertz CT molecular complexity index is 519. The minimum Gasteiger partial charge on any atom is -0.480 e. The summed E-state index contributed by atoms with van der Waals surface area (Å²) in [6.45, 7) is -0.410. The van der Waals surface area contributed by atoms with Crippen molar-refractivity contribution >= 4 is 12.4 Å². The van der Waals surface area contributed by atoms with Gasteiger partial charge in [-0.05, 0) is 36.5 Å². The van der Waals surface area contributed by atoms with Crippen LogP contribution in [0.3, 0.4) is 0 Å². The summed E-state index contributed by atoms with van der Waals surface area (Å²) < 4.78 is 26.7. The van der Waals surface area contributed by atoms with E-state index in [9.17, 15) is 18.4 Å². The second kappa shape index (κ2) is 5.34. The number of hydrogen-bond acceptors (Lipinski definition) is 2. The minimum atomic E-state index is -1.11. The third-order valence-electron chi connectivity index (χ3n) is 3.36. The molecular weight excluding hydrogens is 256 g/mol. The van der Waals surface area contributed by atoms with Crippen molar-refractivity contribution in [2.75, 3.05) is 6.54 Å². The number of rotatable bonds is 4. The number of amides is 1. The molecule has 0 bridgehead atoms. The van der Waals surface area contributed by atoms with Gasteiger partial charge < -0.3 is 10.0 Å². The van der Waals surface area contributed by atoms with Crippen molar-refractivity contribution in [3.8, 4) is 0 Å². The van der Waals surface area contributed by atoms with Crippen molar-refractivity contribution in [2.24, 2.45) is 0 Å². The molecule has 0 heterocycles. The van der Waals surface area contributed by atoms with Crippen LogP contribution in [-0.2, 0) is 22.4 Å². The van der Waals surface area contributed by atoms with Crippen LogP contribution in [0.15, 0.2) is 12.1 Å². The van der Waals surface area contributed by atoms with Gasteiger partial charge >= 0.3 is 5.97 Å². The van der Waals surface area contributed by atoms with Gasteiger partial charge in [-0.2, -0.15) is 0 Å². The Morgan fingerprint density at radius 2 is 2.21 bits per heavy atom. The first-order chi connectivity index (χ1) is 9.01. The van der Waals surface area contributed by atoms with Crippen LogP contribution in [0.1, 0.15) is 17.5 Å². The van der Waals surface area contributed by atoms with E-state index in [0.717, 1.165) is 11.0 Å². The van der Waals surface area contributed by atoms with Crippen LogP contribution in [0.5, 0.6) is 0 Å². The van der Waals surface area contributed by atoms with Crippen molar-refractivity contribution in [3.63, 3.8) is 0 Å². The van der Waals surface area contributed by atoms with E-state index in [4.69, 9.17) is 5.11 Å². The van der Waals surface area contributed by atoms with Crippen LogP contribution in [0.4, 0.5) is 8.78 Å². The highest BCUT2D eigenvalue weighted by molar-refractivity contribution is 5.72. The molecule has 0 aliphatic heterocycles. The normalized spacial score (nSPS) is 17.7. The van der Waals surface area contributed by atoms with E-state index >= 15 is 0 Å². The lowest BCUT2D eigenvalue weighted by Gasteiger charge is -2.31. The molecule has 1 aliphatic rings. The van der Waals surface area contributed by atoms with Gasteiger partial charge in [0, 0.05) is 12.1 Å². The van der Waals surface area contributed by atoms with E-state index in [2.05, 4.69) is 0 Å². The number of carbonyl (C=O) groups is 2. The molecule has 1 amide bonds. The third-order valence-corrected chi connectivity index (χ3v) is 3.36. The Morgan fingerprint density at radius 3 is 2.84 bits per heavy atom. The van der Waals surface area contributed by atoms with Crippen molar-refractivity contribution in [3.05, 3.63) is 34.9 Å². The predicted molar refractivity (Wildman–Crippen MR) is 62.6 cm³/mol. The third kappa shape index (κ3) is 2.89. The minimum absolute atomic E-state index is 0.216. The molecule has 0 spiro atoms. The maximum atomic E-state index is 13.7. The van der Waals surface area contributed by atoms with E-state index in [-0.39, 0.29) is 12.5 Å². The van der Waals surface area contributed by atoms with Crippen molar-refractivity contribution in [1.29, 1.82) is 0 Å². The summed E-state index contributed by atoms with van der Waals surface area (Å²) in [6, 6.07) is 1.74. The lowest BCUT2D eigenvalue weighted by Crippen LogP contribution is -2.41. The van der Waals surface area contributed by atoms with E-state index in [0.29, 0.717) is 30.4 Å². The van der Waals surface area contributed by atoms with Gasteiger partial charge in [0.15, 0.2) is 0 Å². The van der Waals surface area contributed by atoms with E-state index in [1.807, 2.05) is 0 Å². The van der Waals surface area contributed by atoms with Gasteiger partial charge in [0.05, 0.1) is 0 Å². The SMILES string of the molecule is O=CN(CC(=O)O)C1CCc2cc(F)cc(F)c2C1. The maximum absolute atomic E-state index is 13.7. The summed E-state index contributed by atoms with van der Waals surface area (Å²) in [7, 11) is 0. The Labute approximate surface area is 108 Å². The predicted octanol–water partition coefficient (Wildman–Crippen LogP) is 1.37. The average Bonchev–Trinajstić information content (AvgIpc) is 2.35. The Kier molecular flexibility index (Phi) is 3.78. The van der Waals surface area contributed by atoms with E-state index < -0.39 is 24.1 Å². The number of carbonyl (C=O) groups excluding carboxylic acids is 1. The molecule has 0 saturated heterocycles. The summed E-state index contributed by atoms with van der Waals surface area (Å²) in [6.07, 6.45) is 1.61. The molecule has 0 aromatic heterocycles. The molecule has 1 N–H and O–H groups in total. The van der Waals surface area contributed by atoms with Gasteiger partial charge in [0.2, 0.25) is 6.41 Å². The van der Waals surface area contributed by atoms with Gasteiger partial charge in [-0.15, -0.1) is 0 Å². The first-order valence-electron chi connectivity index (χ1n) is 5.91. The number of halogens is 2. The van der Waals surface area contributed by atoms with Crippen molar-refractivity contribution < 1.29 is 23.5 Å². The van der Waals surface area contributed by atoms with Crippen LogP contribution in [0, 0.1) is 11.6 Å². The second-order valence-electron chi connectivity index (χ2n) is 4.59. The fourth-order valence-electron chi connectivity index (χ4n) is 2.46. The van der Waals surface area contributed by atoms with Crippen LogP contribution >= 0.6 is 0 Å². The molecule has 1 aromatic carbocycles. The summed E-state index contributed by atoms with van der Waals surface area (Å²) in [5, 5.41) is 8.71. The van der Waals surface area contributed by atoms with Gasteiger partial charge in [0.1, 0.15) is 18.2 Å². The number of fused-ring (bicyclic) bond motifs is 1. The summed E-state index contributed by atoms with van der Waals surface area (Å²) >= 11 is 0. The van der Waals surface area contributed by atoms with E-state index in [1.54, 1.807) is 0 Å². The van der Waals surface area contributed by atoms with Crippen LogP contribution in [0.2, 0.25) is 0 Å². The summed E-state index contributed by atoms with van der Waals surface area (Å²) in [4.78, 5) is 22.7. The lowest BCUT2D eigenvalue weighted by molar-refractivity contribution is -0.142. The molecule has 6 heteroatoms. The zero-order valence-electron chi connectivity index (χ0n) is 10.1. The van der Waals surface area contributed by atoms with Crippen molar-refractivity contribution in [2.45, 2.75) is 25.3 Å². The average molecular weight is 269 g/mol. The monoisotopic (exact) mass is 269 g/mol. The number of nitrogens with zero attached hydrogens (tertiary/aromatic N) is 1. The van der Waals surface area contributed by atoms with Gasteiger partial charge in [-0.25, -0.2) is 8.78 Å². The van der Waals surface area contributed by atoms with Crippen LogP contribution < -0.4 is 0 Å². The number of aryl methyl sites for hydroxylation is 1. The lowest BCUT2D eigenvalue weighted by atomic mass is 9.87. The zero-order valence-corrected chi connectivity index (χ0v) is 10.1. The number of hydrogen-bond donors (Lipinski definition) is 1. The summed E-state index contributed by atoms with van der Waals surface area (Å²) in [5.74, 6) is -2.37. The molecule has 0 fully saturated rings. The fraction of sp³-hybridized carbons (Fsp3) is 0.385. The highest BCUT2D eigenvalue weighted by atomic mass is 19.1. The molecule has 2 rings (SSSR count). The number of benzene rings is 1. The Balaban J connectivity index is 2.21. The molecule has 0 radical (unpaired) electrons. The van der Waals surface area contributed by atoms with Gasteiger partial charge in [0.25, 0.3) is 0 Å². The molecule has 19 heavy (non-hydrogen) atoms. The van der Waals surface area contributed by atoms with E-state index in [1.165, 1.54) is 6.07 Å². The molecule has 1 unspecified atom stereocenters. The molecule has 102 valence electrons. The molecule has 1 aromatic rings. The van der Waals surface area contributed by atoms with Crippen LogP contribution in [-0.4, -0.2) is 35.0 Å². The fourth-order valence-corrected chi connectivity index (χ4v) is 2.46. The Hall–Kier alpha value is -1.98. The highest BCUT2D eigenvalue weighted by Crippen LogP contribution is 2.27. The molecule has 1 atom stereocenters. The zero-order chi connectivity index (χ0) is 14.0.